The van der Waals surface area contributed by atoms with Gasteiger partial charge in [0.25, 0.3) is 0 Å². The van der Waals surface area contributed by atoms with E-state index in [-0.39, 0.29) is 6.10 Å². The van der Waals surface area contributed by atoms with Gasteiger partial charge in [-0.1, -0.05) is 25.8 Å². The molecule has 0 aromatic heterocycles. The van der Waals surface area contributed by atoms with Crippen molar-refractivity contribution < 1.29 is 5.11 Å². The van der Waals surface area contributed by atoms with Crippen LogP contribution in [-0.4, -0.2) is 11.2 Å². The molecule has 1 rings (SSSR count). The zero-order chi connectivity index (χ0) is 8.27. The van der Waals surface area contributed by atoms with Gasteiger partial charge in [0, 0.05) is 0 Å². The maximum Gasteiger partial charge on any atom is 0.0746 e. The number of hydrogen-bond acceptors (Lipinski definition) is 1. The van der Waals surface area contributed by atoms with Gasteiger partial charge < -0.3 is 5.11 Å². The van der Waals surface area contributed by atoms with Crippen molar-refractivity contribution in [1.29, 1.82) is 0 Å². The number of aliphatic hydroxyl groups excluding tert-OH is 1. The second-order valence-corrected chi connectivity index (χ2v) is 3.76. The predicted molar refractivity (Wildman–Crippen MR) is 47.3 cm³/mol. The molecule has 0 spiro atoms. The Labute approximate surface area is 69.1 Å². The van der Waals surface area contributed by atoms with Crippen LogP contribution in [0.15, 0.2) is 12.7 Å². The number of hydrogen-bond donors (Lipinski definition) is 1. The summed E-state index contributed by atoms with van der Waals surface area (Å²) in [6, 6.07) is 0. The molecule has 1 aliphatic carbocycles. The fraction of sp³-hybridized carbons (Fsp3) is 0.800. The minimum atomic E-state index is -0.266. The molecule has 2 unspecified atom stereocenters. The summed E-state index contributed by atoms with van der Waals surface area (Å²) in [7, 11) is 0. The Kier molecular flexibility index (Phi) is 3.13. The van der Waals surface area contributed by atoms with Crippen molar-refractivity contribution in [2.24, 2.45) is 11.8 Å². The highest BCUT2D eigenvalue weighted by Gasteiger charge is 2.22. The average Bonchev–Trinajstić information content (AvgIpc) is 2.03. The van der Waals surface area contributed by atoms with E-state index in [4.69, 9.17) is 0 Å². The molecule has 64 valence electrons. The molecule has 0 bridgehead atoms. The van der Waals surface area contributed by atoms with Crippen LogP contribution in [0.3, 0.4) is 0 Å². The molecule has 1 heteroatoms. The molecule has 0 aliphatic heterocycles. The van der Waals surface area contributed by atoms with Crippen molar-refractivity contribution >= 4 is 0 Å². The van der Waals surface area contributed by atoms with Crippen molar-refractivity contribution in [3.8, 4) is 0 Å². The van der Waals surface area contributed by atoms with Crippen molar-refractivity contribution in [3.05, 3.63) is 12.7 Å². The highest BCUT2D eigenvalue weighted by atomic mass is 16.3. The maximum atomic E-state index is 9.48. The zero-order valence-electron chi connectivity index (χ0n) is 7.29. The van der Waals surface area contributed by atoms with Crippen LogP contribution in [-0.2, 0) is 0 Å². The van der Waals surface area contributed by atoms with E-state index in [0.717, 1.165) is 5.92 Å². The molecule has 0 radical (unpaired) electrons. The smallest absolute Gasteiger partial charge is 0.0746 e. The minimum Gasteiger partial charge on any atom is -0.389 e. The van der Waals surface area contributed by atoms with Gasteiger partial charge in [0.15, 0.2) is 0 Å². The maximum absolute atomic E-state index is 9.48. The van der Waals surface area contributed by atoms with Gasteiger partial charge in [-0.15, -0.1) is 6.58 Å². The van der Waals surface area contributed by atoms with E-state index in [1.54, 1.807) is 6.08 Å². The van der Waals surface area contributed by atoms with E-state index >= 15 is 0 Å². The summed E-state index contributed by atoms with van der Waals surface area (Å²) in [4.78, 5) is 0. The molecule has 1 nitrogen and oxygen atoms in total. The van der Waals surface area contributed by atoms with Crippen LogP contribution in [0.5, 0.6) is 0 Å². The predicted octanol–water partition coefficient (Wildman–Crippen LogP) is 2.36. The average molecular weight is 154 g/mol. The first-order valence-electron chi connectivity index (χ1n) is 4.54. The molecule has 0 aromatic rings. The monoisotopic (exact) mass is 154 g/mol. The molecule has 0 amide bonds. The number of rotatable bonds is 2. The van der Waals surface area contributed by atoms with Crippen LogP contribution in [0.4, 0.5) is 0 Å². The van der Waals surface area contributed by atoms with Crippen LogP contribution in [0.1, 0.15) is 32.6 Å². The standard InChI is InChI=1S/C10H18O/c1-3-10(11)9-6-4-5-8(2)7-9/h3,8-11H,1,4-7H2,2H3/t8-,9?,10?/m1/s1. The van der Waals surface area contributed by atoms with Gasteiger partial charge in [-0.05, 0) is 24.7 Å². The largest absolute Gasteiger partial charge is 0.389 e. The third kappa shape index (κ3) is 2.33. The quantitative estimate of drug-likeness (QED) is 0.605. The molecule has 3 atom stereocenters. The Bertz CT molecular complexity index is 131. The Morgan fingerprint density at radius 2 is 2.27 bits per heavy atom. The van der Waals surface area contributed by atoms with Crippen LogP contribution in [0.25, 0.3) is 0 Å². The summed E-state index contributed by atoms with van der Waals surface area (Å²) < 4.78 is 0. The second-order valence-electron chi connectivity index (χ2n) is 3.76. The molecule has 11 heavy (non-hydrogen) atoms. The van der Waals surface area contributed by atoms with Crippen LogP contribution >= 0.6 is 0 Å². The van der Waals surface area contributed by atoms with Gasteiger partial charge in [0.1, 0.15) is 0 Å². The molecule has 1 fully saturated rings. The molecule has 1 aliphatic rings. The fourth-order valence-electron chi connectivity index (χ4n) is 1.98. The van der Waals surface area contributed by atoms with Crippen molar-refractivity contribution in [3.63, 3.8) is 0 Å². The highest BCUT2D eigenvalue weighted by Crippen LogP contribution is 2.30. The first-order valence-corrected chi connectivity index (χ1v) is 4.54. The summed E-state index contributed by atoms with van der Waals surface area (Å²) in [5.41, 5.74) is 0. The van der Waals surface area contributed by atoms with Gasteiger partial charge in [-0.25, -0.2) is 0 Å². The second kappa shape index (κ2) is 3.91. The third-order valence-electron chi connectivity index (χ3n) is 2.70. The van der Waals surface area contributed by atoms with Crippen molar-refractivity contribution in [1.82, 2.24) is 0 Å². The number of aliphatic hydroxyl groups is 1. The topological polar surface area (TPSA) is 20.2 Å². The summed E-state index contributed by atoms with van der Waals surface area (Å²) in [6.07, 6.45) is 6.36. The van der Waals surface area contributed by atoms with Crippen molar-refractivity contribution in [2.75, 3.05) is 0 Å². The highest BCUT2D eigenvalue weighted by molar-refractivity contribution is 4.86. The SMILES string of the molecule is C=CC(O)C1CCC[C@@H](C)C1. The van der Waals surface area contributed by atoms with E-state index in [1.807, 2.05) is 0 Å². The van der Waals surface area contributed by atoms with E-state index in [9.17, 15) is 5.11 Å². The normalized spacial score (nSPS) is 34.7. The molecule has 0 aromatic carbocycles. The first-order chi connectivity index (χ1) is 5.24. The molecule has 1 N–H and O–H groups in total. The third-order valence-corrected chi connectivity index (χ3v) is 2.70. The lowest BCUT2D eigenvalue weighted by molar-refractivity contribution is 0.109. The zero-order valence-corrected chi connectivity index (χ0v) is 7.29. The van der Waals surface area contributed by atoms with Gasteiger partial charge in [-0.2, -0.15) is 0 Å². The summed E-state index contributed by atoms with van der Waals surface area (Å²) in [5, 5.41) is 9.48. The molecular weight excluding hydrogens is 136 g/mol. The van der Waals surface area contributed by atoms with Crippen LogP contribution in [0, 0.1) is 11.8 Å². The van der Waals surface area contributed by atoms with E-state index < -0.39 is 0 Å². The van der Waals surface area contributed by atoms with Crippen LogP contribution < -0.4 is 0 Å². The summed E-state index contributed by atoms with van der Waals surface area (Å²) in [6.45, 7) is 5.88. The lowest BCUT2D eigenvalue weighted by atomic mass is 9.80. The van der Waals surface area contributed by atoms with Gasteiger partial charge in [-0.3, -0.25) is 0 Å². The molecule has 0 saturated heterocycles. The molecule has 1 saturated carbocycles. The Morgan fingerprint density at radius 1 is 1.55 bits per heavy atom. The molecule has 0 heterocycles. The van der Waals surface area contributed by atoms with Crippen molar-refractivity contribution in [2.45, 2.75) is 38.7 Å². The summed E-state index contributed by atoms with van der Waals surface area (Å²) >= 11 is 0. The first kappa shape index (κ1) is 8.79. The fourth-order valence-corrected chi connectivity index (χ4v) is 1.98. The van der Waals surface area contributed by atoms with Gasteiger partial charge >= 0.3 is 0 Å². The van der Waals surface area contributed by atoms with Gasteiger partial charge in [0.05, 0.1) is 6.10 Å². The lowest BCUT2D eigenvalue weighted by Crippen LogP contribution is -2.23. The molecular formula is C10H18O. The van der Waals surface area contributed by atoms with Crippen LogP contribution in [0.2, 0.25) is 0 Å². The summed E-state index contributed by atoms with van der Waals surface area (Å²) in [5.74, 6) is 1.28. The Balaban J connectivity index is 2.38. The lowest BCUT2D eigenvalue weighted by Gasteiger charge is -2.28. The Hall–Kier alpha value is -0.300. The van der Waals surface area contributed by atoms with Gasteiger partial charge in [0.2, 0.25) is 0 Å². The minimum absolute atomic E-state index is 0.266. The Morgan fingerprint density at radius 3 is 2.82 bits per heavy atom. The van der Waals surface area contributed by atoms with E-state index in [1.165, 1.54) is 25.7 Å². The van der Waals surface area contributed by atoms with E-state index in [0.29, 0.717) is 5.92 Å². The van der Waals surface area contributed by atoms with E-state index in [2.05, 4.69) is 13.5 Å².